The van der Waals surface area contributed by atoms with Crippen molar-refractivity contribution >= 4 is 17.5 Å². The minimum absolute atomic E-state index is 0.271. The molecule has 0 atom stereocenters. The number of aromatic amines is 1. The molecular weight excluding hydrogens is 292 g/mol. The third-order valence-corrected chi connectivity index (χ3v) is 3.15. The highest BCUT2D eigenvalue weighted by Gasteiger charge is 2.14. The summed E-state index contributed by atoms with van der Waals surface area (Å²) in [5, 5.41) is 3.26. The Kier molecular flexibility index (Phi) is 5.19. The van der Waals surface area contributed by atoms with E-state index in [4.69, 9.17) is 22.1 Å². The van der Waals surface area contributed by atoms with Gasteiger partial charge in [0.2, 0.25) is 0 Å². The number of H-pyrrole nitrogens is 1. The zero-order valence-corrected chi connectivity index (χ0v) is 12.4. The van der Waals surface area contributed by atoms with Crippen LogP contribution in [-0.4, -0.2) is 29.0 Å². The van der Waals surface area contributed by atoms with Gasteiger partial charge in [-0.15, -0.1) is 0 Å². The van der Waals surface area contributed by atoms with Gasteiger partial charge in [0.25, 0.3) is 5.91 Å². The van der Waals surface area contributed by atoms with Crippen molar-refractivity contribution in [3.05, 3.63) is 46.5 Å². The van der Waals surface area contributed by atoms with Crippen LogP contribution < -0.4 is 15.8 Å². The van der Waals surface area contributed by atoms with Gasteiger partial charge in [-0.05, 0) is 25.1 Å². The summed E-state index contributed by atoms with van der Waals surface area (Å²) in [6.45, 7) is 2.93. The topological polar surface area (TPSA) is 93.0 Å². The van der Waals surface area contributed by atoms with Gasteiger partial charge in [0, 0.05) is 17.3 Å². The van der Waals surface area contributed by atoms with Gasteiger partial charge in [0.05, 0.1) is 24.1 Å². The van der Waals surface area contributed by atoms with Gasteiger partial charge in [-0.25, -0.2) is 4.98 Å². The van der Waals surface area contributed by atoms with Crippen LogP contribution in [0.4, 0.5) is 0 Å². The van der Waals surface area contributed by atoms with Crippen LogP contribution in [0.2, 0.25) is 5.02 Å². The number of benzene rings is 1. The number of imidazole rings is 1. The van der Waals surface area contributed by atoms with Gasteiger partial charge >= 0.3 is 0 Å². The number of hydrogen-bond acceptors (Lipinski definition) is 4. The molecule has 4 N–H and O–H groups in total. The fourth-order valence-corrected chi connectivity index (χ4v) is 1.97. The Hall–Kier alpha value is -2.05. The molecule has 21 heavy (non-hydrogen) atoms. The third kappa shape index (κ3) is 3.96. The molecule has 2 aromatic rings. The SMILES string of the molecule is Cc1[nH]cnc1CNC(=O)c1cc(Cl)ccc1OCCN. The number of nitrogens with two attached hydrogens (primary N) is 1. The van der Waals surface area contributed by atoms with Gasteiger partial charge in [0.1, 0.15) is 12.4 Å². The summed E-state index contributed by atoms with van der Waals surface area (Å²) >= 11 is 5.94. The van der Waals surface area contributed by atoms with Crippen molar-refractivity contribution in [3.8, 4) is 5.75 Å². The van der Waals surface area contributed by atoms with E-state index in [0.717, 1.165) is 11.4 Å². The largest absolute Gasteiger partial charge is 0.491 e. The van der Waals surface area contributed by atoms with Crippen LogP contribution in [0.15, 0.2) is 24.5 Å². The minimum atomic E-state index is -0.271. The number of carbonyl (C=O) groups excluding carboxylic acids is 1. The van der Waals surface area contributed by atoms with Crippen molar-refractivity contribution in [2.24, 2.45) is 5.73 Å². The molecule has 2 rings (SSSR count). The smallest absolute Gasteiger partial charge is 0.255 e. The number of nitrogens with zero attached hydrogens (tertiary/aromatic N) is 1. The second-order valence-corrected chi connectivity index (χ2v) is 4.87. The number of hydrogen-bond donors (Lipinski definition) is 3. The van der Waals surface area contributed by atoms with E-state index < -0.39 is 0 Å². The molecule has 0 fully saturated rings. The quantitative estimate of drug-likeness (QED) is 0.756. The molecule has 1 aromatic heterocycles. The number of nitrogens with one attached hydrogen (secondary N) is 2. The van der Waals surface area contributed by atoms with Crippen LogP contribution in [0, 0.1) is 6.92 Å². The average molecular weight is 309 g/mol. The number of carbonyl (C=O) groups is 1. The van der Waals surface area contributed by atoms with E-state index in [1.165, 1.54) is 0 Å². The summed E-state index contributed by atoms with van der Waals surface area (Å²) in [7, 11) is 0. The van der Waals surface area contributed by atoms with E-state index in [-0.39, 0.29) is 5.91 Å². The van der Waals surface area contributed by atoms with Crippen molar-refractivity contribution in [1.82, 2.24) is 15.3 Å². The molecule has 1 aromatic carbocycles. The standard InChI is InChI=1S/C14H17ClN4O2/c1-9-12(19-8-18-9)7-17-14(20)11-6-10(15)2-3-13(11)21-5-4-16/h2-3,6,8H,4-5,7,16H2,1H3,(H,17,20)(H,18,19). The molecule has 0 unspecified atom stereocenters. The van der Waals surface area contributed by atoms with Crippen molar-refractivity contribution in [1.29, 1.82) is 0 Å². The van der Waals surface area contributed by atoms with Crippen LogP contribution in [0.1, 0.15) is 21.7 Å². The molecule has 7 heteroatoms. The summed E-state index contributed by atoms with van der Waals surface area (Å²) < 4.78 is 5.46. The molecular formula is C14H17ClN4O2. The van der Waals surface area contributed by atoms with E-state index in [1.54, 1.807) is 24.5 Å². The zero-order chi connectivity index (χ0) is 15.2. The molecule has 0 aliphatic carbocycles. The van der Waals surface area contributed by atoms with Gasteiger partial charge in [0.15, 0.2) is 0 Å². The highest BCUT2D eigenvalue weighted by atomic mass is 35.5. The van der Waals surface area contributed by atoms with E-state index >= 15 is 0 Å². The Balaban J connectivity index is 2.10. The van der Waals surface area contributed by atoms with Gasteiger partial charge in [-0.1, -0.05) is 11.6 Å². The summed E-state index contributed by atoms with van der Waals surface area (Å²) in [6.07, 6.45) is 1.59. The Morgan fingerprint density at radius 2 is 2.33 bits per heavy atom. The molecule has 0 radical (unpaired) electrons. The molecule has 6 nitrogen and oxygen atoms in total. The second-order valence-electron chi connectivity index (χ2n) is 4.43. The molecule has 0 saturated carbocycles. The van der Waals surface area contributed by atoms with Gasteiger partial charge < -0.3 is 20.8 Å². The average Bonchev–Trinajstić information content (AvgIpc) is 2.88. The van der Waals surface area contributed by atoms with Crippen LogP contribution >= 0.6 is 11.6 Å². The first-order valence-electron chi connectivity index (χ1n) is 6.51. The highest BCUT2D eigenvalue weighted by molar-refractivity contribution is 6.31. The second kappa shape index (κ2) is 7.10. The molecule has 112 valence electrons. The third-order valence-electron chi connectivity index (χ3n) is 2.91. The Bertz CT molecular complexity index is 627. The van der Waals surface area contributed by atoms with E-state index in [0.29, 0.717) is 36.0 Å². The Morgan fingerprint density at radius 1 is 1.52 bits per heavy atom. The minimum Gasteiger partial charge on any atom is -0.491 e. The Morgan fingerprint density at radius 3 is 3.00 bits per heavy atom. The van der Waals surface area contributed by atoms with Gasteiger partial charge in [-0.2, -0.15) is 0 Å². The first-order valence-corrected chi connectivity index (χ1v) is 6.89. The molecule has 0 spiro atoms. The first-order chi connectivity index (χ1) is 10.1. The maximum atomic E-state index is 12.3. The fraction of sp³-hybridized carbons (Fsp3) is 0.286. The number of ether oxygens (including phenoxy) is 1. The maximum Gasteiger partial charge on any atom is 0.255 e. The summed E-state index contributed by atoms with van der Waals surface area (Å²) in [5.74, 6) is 0.188. The predicted octanol–water partition coefficient (Wildman–Crippen LogP) is 1.64. The highest BCUT2D eigenvalue weighted by Crippen LogP contribution is 2.23. The molecule has 0 aliphatic heterocycles. The van der Waals surface area contributed by atoms with Crippen LogP contribution in [0.3, 0.4) is 0 Å². The molecule has 0 aliphatic rings. The number of rotatable bonds is 6. The lowest BCUT2D eigenvalue weighted by Gasteiger charge is -2.11. The first kappa shape index (κ1) is 15.3. The van der Waals surface area contributed by atoms with Crippen LogP contribution in [-0.2, 0) is 6.54 Å². The van der Waals surface area contributed by atoms with Crippen molar-refractivity contribution in [2.75, 3.05) is 13.2 Å². The van der Waals surface area contributed by atoms with Crippen molar-refractivity contribution in [2.45, 2.75) is 13.5 Å². The number of aromatic nitrogens is 2. The number of amides is 1. The monoisotopic (exact) mass is 308 g/mol. The molecule has 1 heterocycles. The maximum absolute atomic E-state index is 12.3. The fourth-order valence-electron chi connectivity index (χ4n) is 1.80. The summed E-state index contributed by atoms with van der Waals surface area (Å²) in [6, 6.07) is 4.90. The lowest BCUT2D eigenvalue weighted by molar-refractivity contribution is 0.0946. The predicted molar refractivity (Wildman–Crippen MR) is 80.5 cm³/mol. The van der Waals surface area contributed by atoms with Crippen molar-refractivity contribution in [3.63, 3.8) is 0 Å². The van der Waals surface area contributed by atoms with Gasteiger partial charge in [-0.3, -0.25) is 4.79 Å². The molecule has 0 saturated heterocycles. The number of halogens is 1. The van der Waals surface area contributed by atoms with Crippen LogP contribution in [0.5, 0.6) is 5.75 Å². The van der Waals surface area contributed by atoms with E-state index in [1.807, 2.05) is 6.92 Å². The number of aryl methyl sites for hydroxylation is 1. The normalized spacial score (nSPS) is 10.4. The van der Waals surface area contributed by atoms with Crippen LogP contribution in [0.25, 0.3) is 0 Å². The van der Waals surface area contributed by atoms with Crippen molar-refractivity contribution < 1.29 is 9.53 Å². The summed E-state index contributed by atoms with van der Waals surface area (Å²) in [4.78, 5) is 19.4. The zero-order valence-electron chi connectivity index (χ0n) is 11.6. The summed E-state index contributed by atoms with van der Waals surface area (Å²) in [5.41, 5.74) is 7.49. The lowest BCUT2D eigenvalue weighted by atomic mass is 10.2. The molecule has 1 amide bonds. The van der Waals surface area contributed by atoms with E-state index in [2.05, 4.69) is 15.3 Å². The molecule has 0 bridgehead atoms. The van der Waals surface area contributed by atoms with E-state index in [9.17, 15) is 4.79 Å². The lowest BCUT2D eigenvalue weighted by Crippen LogP contribution is -2.24. The Labute approximate surface area is 127 Å².